The number of methoxy groups -OCH3 is 2. The van der Waals surface area contributed by atoms with Crippen LogP contribution >= 0.6 is 0 Å². The van der Waals surface area contributed by atoms with Crippen molar-refractivity contribution in [1.29, 1.82) is 0 Å². The summed E-state index contributed by atoms with van der Waals surface area (Å²) in [7, 11) is 2.98. The highest BCUT2D eigenvalue weighted by Crippen LogP contribution is 2.11. The second-order valence-electron chi connectivity index (χ2n) is 4.43. The lowest BCUT2D eigenvalue weighted by atomic mass is 10.1. The van der Waals surface area contributed by atoms with Gasteiger partial charge in [0.15, 0.2) is 0 Å². The minimum absolute atomic E-state index is 0.146. The van der Waals surface area contributed by atoms with Gasteiger partial charge in [-0.1, -0.05) is 0 Å². The van der Waals surface area contributed by atoms with Gasteiger partial charge in [-0.05, 0) is 26.0 Å². The van der Waals surface area contributed by atoms with Crippen LogP contribution in [-0.2, 0) is 16.0 Å². The third kappa shape index (κ3) is 4.20. The van der Waals surface area contributed by atoms with Crippen LogP contribution in [0.2, 0.25) is 0 Å². The minimum atomic E-state index is -0.465. The molecule has 0 unspecified atom stereocenters. The molecule has 1 N–H and O–H groups in total. The maximum Gasteiger partial charge on any atom is 0.373 e. The smallest absolute Gasteiger partial charge is 0.373 e. The Hall–Kier alpha value is -1.33. The van der Waals surface area contributed by atoms with Crippen molar-refractivity contribution in [2.45, 2.75) is 25.9 Å². The molecule has 0 amide bonds. The van der Waals surface area contributed by atoms with E-state index in [4.69, 9.17) is 9.15 Å². The molecule has 0 aromatic carbocycles. The predicted octanol–water partition coefficient (Wildman–Crippen LogP) is 1.58. The molecule has 5 nitrogen and oxygen atoms in total. The summed E-state index contributed by atoms with van der Waals surface area (Å²) in [6, 6.07) is 3.36. The van der Waals surface area contributed by atoms with E-state index < -0.39 is 5.97 Å². The van der Waals surface area contributed by atoms with E-state index in [0.29, 0.717) is 18.9 Å². The molecule has 0 fully saturated rings. The van der Waals surface area contributed by atoms with E-state index in [-0.39, 0.29) is 11.3 Å². The molecule has 0 saturated heterocycles. The molecule has 5 heteroatoms. The fourth-order valence-corrected chi connectivity index (χ4v) is 1.42. The molecule has 1 aromatic rings. The van der Waals surface area contributed by atoms with Crippen LogP contribution < -0.4 is 5.32 Å². The zero-order valence-electron chi connectivity index (χ0n) is 10.7. The normalized spacial score (nSPS) is 11.5. The van der Waals surface area contributed by atoms with Gasteiger partial charge < -0.3 is 19.2 Å². The van der Waals surface area contributed by atoms with Gasteiger partial charge in [0.1, 0.15) is 5.76 Å². The monoisotopic (exact) mass is 241 g/mol. The molecule has 1 heterocycles. The predicted molar refractivity (Wildman–Crippen MR) is 62.8 cm³/mol. The number of ether oxygens (including phenoxy) is 2. The van der Waals surface area contributed by atoms with Crippen LogP contribution in [0.25, 0.3) is 0 Å². The Labute approximate surface area is 101 Å². The van der Waals surface area contributed by atoms with Crippen molar-refractivity contribution < 1.29 is 18.7 Å². The highest BCUT2D eigenvalue weighted by Gasteiger charge is 2.18. The Morgan fingerprint density at radius 3 is 2.71 bits per heavy atom. The van der Waals surface area contributed by atoms with Crippen molar-refractivity contribution >= 4 is 5.97 Å². The van der Waals surface area contributed by atoms with E-state index in [1.807, 2.05) is 13.8 Å². The van der Waals surface area contributed by atoms with Crippen LogP contribution in [-0.4, -0.2) is 32.3 Å². The van der Waals surface area contributed by atoms with Crippen LogP contribution in [0.3, 0.4) is 0 Å². The Bertz CT molecular complexity index is 370. The fraction of sp³-hybridized carbons (Fsp3) is 0.583. The average molecular weight is 241 g/mol. The third-order valence-electron chi connectivity index (χ3n) is 2.29. The van der Waals surface area contributed by atoms with Crippen LogP contribution in [0.1, 0.15) is 30.2 Å². The first-order valence-corrected chi connectivity index (χ1v) is 5.39. The van der Waals surface area contributed by atoms with Gasteiger partial charge >= 0.3 is 5.97 Å². The standard InChI is InChI=1S/C12H19NO4/c1-12(2,8-15-3)13-7-9-5-6-10(17-9)11(14)16-4/h5-6,13H,7-8H2,1-4H3. The van der Waals surface area contributed by atoms with Crippen LogP contribution in [0.5, 0.6) is 0 Å². The SMILES string of the molecule is COCC(C)(C)NCc1ccc(C(=O)OC)o1. The Morgan fingerprint density at radius 2 is 2.12 bits per heavy atom. The molecule has 0 aliphatic carbocycles. The summed E-state index contributed by atoms with van der Waals surface area (Å²) < 4.78 is 15.0. The molecule has 0 aliphatic rings. The second kappa shape index (κ2) is 5.84. The molecule has 0 bridgehead atoms. The summed E-state index contributed by atoms with van der Waals surface area (Å²) in [6.07, 6.45) is 0. The van der Waals surface area contributed by atoms with Crippen LogP contribution in [0.4, 0.5) is 0 Å². The maximum absolute atomic E-state index is 11.2. The first kappa shape index (κ1) is 13.7. The van der Waals surface area contributed by atoms with E-state index in [9.17, 15) is 4.79 Å². The van der Waals surface area contributed by atoms with Gasteiger partial charge in [-0.25, -0.2) is 4.79 Å². The van der Waals surface area contributed by atoms with Gasteiger partial charge in [0.2, 0.25) is 5.76 Å². The molecule has 0 aliphatic heterocycles. The number of hydrogen-bond donors (Lipinski definition) is 1. The number of carbonyl (C=O) groups is 1. The van der Waals surface area contributed by atoms with Crippen molar-refractivity contribution in [2.75, 3.05) is 20.8 Å². The molecule has 0 radical (unpaired) electrons. The van der Waals surface area contributed by atoms with E-state index in [0.717, 1.165) is 0 Å². The first-order chi connectivity index (χ1) is 7.98. The van der Waals surface area contributed by atoms with Crippen molar-refractivity contribution in [1.82, 2.24) is 5.32 Å². The minimum Gasteiger partial charge on any atom is -0.463 e. The van der Waals surface area contributed by atoms with Gasteiger partial charge in [-0.2, -0.15) is 0 Å². The van der Waals surface area contributed by atoms with Crippen molar-refractivity contribution in [3.05, 3.63) is 23.7 Å². The summed E-state index contributed by atoms with van der Waals surface area (Å²) in [5.41, 5.74) is -0.146. The average Bonchev–Trinajstić information content (AvgIpc) is 2.74. The van der Waals surface area contributed by atoms with Gasteiger partial charge in [-0.15, -0.1) is 0 Å². The molecule has 17 heavy (non-hydrogen) atoms. The first-order valence-electron chi connectivity index (χ1n) is 5.39. The summed E-state index contributed by atoms with van der Waals surface area (Å²) in [5.74, 6) is 0.441. The molecule has 1 aromatic heterocycles. The van der Waals surface area contributed by atoms with E-state index in [1.165, 1.54) is 7.11 Å². The maximum atomic E-state index is 11.2. The largest absolute Gasteiger partial charge is 0.463 e. The zero-order chi connectivity index (χ0) is 12.9. The molecule has 0 saturated carbocycles. The summed E-state index contributed by atoms with van der Waals surface area (Å²) in [5, 5.41) is 3.28. The molecular weight excluding hydrogens is 222 g/mol. The molecule has 96 valence electrons. The lowest BCUT2D eigenvalue weighted by Gasteiger charge is -2.24. The third-order valence-corrected chi connectivity index (χ3v) is 2.29. The van der Waals surface area contributed by atoms with Gasteiger partial charge in [-0.3, -0.25) is 0 Å². The van der Waals surface area contributed by atoms with Gasteiger partial charge in [0, 0.05) is 12.6 Å². The van der Waals surface area contributed by atoms with Crippen molar-refractivity contribution in [3.63, 3.8) is 0 Å². The highest BCUT2D eigenvalue weighted by molar-refractivity contribution is 5.86. The number of furan rings is 1. The van der Waals surface area contributed by atoms with E-state index in [1.54, 1.807) is 19.2 Å². The summed E-state index contributed by atoms with van der Waals surface area (Å²) in [4.78, 5) is 11.2. The van der Waals surface area contributed by atoms with Gasteiger partial charge in [0.25, 0.3) is 0 Å². The molecular formula is C12H19NO4. The van der Waals surface area contributed by atoms with Crippen LogP contribution in [0.15, 0.2) is 16.5 Å². The lowest BCUT2D eigenvalue weighted by molar-refractivity contribution is 0.0562. The number of nitrogens with one attached hydrogen (secondary N) is 1. The van der Waals surface area contributed by atoms with Gasteiger partial charge in [0.05, 0.1) is 20.3 Å². The Balaban J connectivity index is 2.53. The molecule has 1 rings (SSSR count). The van der Waals surface area contributed by atoms with E-state index in [2.05, 4.69) is 10.1 Å². The second-order valence-corrected chi connectivity index (χ2v) is 4.43. The van der Waals surface area contributed by atoms with E-state index >= 15 is 0 Å². The lowest BCUT2D eigenvalue weighted by Crippen LogP contribution is -2.42. The Morgan fingerprint density at radius 1 is 1.41 bits per heavy atom. The molecule has 0 spiro atoms. The Kier molecular flexibility index (Phi) is 4.72. The topological polar surface area (TPSA) is 60.7 Å². The highest BCUT2D eigenvalue weighted by atomic mass is 16.5. The quantitative estimate of drug-likeness (QED) is 0.766. The van der Waals surface area contributed by atoms with Crippen LogP contribution in [0, 0.1) is 0 Å². The summed E-state index contributed by atoms with van der Waals surface area (Å²) >= 11 is 0. The fourth-order valence-electron chi connectivity index (χ4n) is 1.42. The number of esters is 1. The number of rotatable bonds is 6. The number of carbonyl (C=O) groups excluding carboxylic acids is 1. The van der Waals surface area contributed by atoms with Crippen molar-refractivity contribution in [2.24, 2.45) is 0 Å². The number of hydrogen-bond acceptors (Lipinski definition) is 5. The summed E-state index contributed by atoms with van der Waals surface area (Å²) in [6.45, 7) is 5.19. The van der Waals surface area contributed by atoms with Crippen molar-refractivity contribution in [3.8, 4) is 0 Å². The molecule has 0 atom stereocenters. The zero-order valence-corrected chi connectivity index (χ0v) is 10.7.